The Labute approximate surface area is 139 Å². The van der Waals surface area contributed by atoms with E-state index < -0.39 is 0 Å². The van der Waals surface area contributed by atoms with E-state index in [4.69, 9.17) is 16.3 Å². The van der Waals surface area contributed by atoms with Gasteiger partial charge in [-0.3, -0.25) is 4.79 Å². The molecule has 0 radical (unpaired) electrons. The van der Waals surface area contributed by atoms with E-state index in [9.17, 15) is 15.2 Å². The number of hydrogen-bond donors (Lipinski definition) is 2. The number of morpholine rings is 1. The SMILES string of the molecule is CC1CN(C(=O)/C(C#N)=C\Nc2cc(Cl)ccc2O)CC(C)O1. The quantitative estimate of drug-likeness (QED) is 0.503. The Bertz CT molecular complexity index is 659. The molecule has 0 aromatic heterocycles. The summed E-state index contributed by atoms with van der Waals surface area (Å²) in [5.74, 6) is -0.396. The number of phenols is 1. The predicted molar refractivity (Wildman–Crippen MR) is 87.0 cm³/mol. The molecule has 2 rings (SSSR count). The number of nitrogens with one attached hydrogen (secondary N) is 1. The third-order valence-corrected chi connectivity index (χ3v) is 3.62. The van der Waals surface area contributed by atoms with Crippen molar-refractivity contribution in [3.05, 3.63) is 35.0 Å². The molecule has 1 fully saturated rings. The van der Waals surface area contributed by atoms with E-state index in [1.54, 1.807) is 11.0 Å². The van der Waals surface area contributed by atoms with Crippen LogP contribution >= 0.6 is 11.6 Å². The second kappa shape index (κ2) is 7.36. The van der Waals surface area contributed by atoms with Gasteiger partial charge in [0.15, 0.2) is 0 Å². The van der Waals surface area contributed by atoms with Gasteiger partial charge in [0.25, 0.3) is 5.91 Å². The van der Waals surface area contributed by atoms with E-state index in [-0.39, 0.29) is 29.4 Å². The average molecular weight is 336 g/mol. The van der Waals surface area contributed by atoms with Crippen LogP contribution in [-0.2, 0) is 9.53 Å². The Morgan fingerprint density at radius 2 is 2.13 bits per heavy atom. The molecule has 1 aliphatic rings. The molecule has 1 saturated heterocycles. The van der Waals surface area contributed by atoms with E-state index in [0.717, 1.165) is 0 Å². The van der Waals surface area contributed by atoms with E-state index in [1.807, 2.05) is 19.9 Å². The summed E-state index contributed by atoms with van der Waals surface area (Å²) in [4.78, 5) is 14.0. The van der Waals surface area contributed by atoms with Gasteiger partial charge in [-0.15, -0.1) is 0 Å². The monoisotopic (exact) mass is 335 g/mol. The molecule has 122 valence electrons. The number of rotatable bonds is 3. The van der Waals surface area contributed by atoms with Gasteiger partial charge in [-0.05, 0) is 32.0 Å². The van der Waals surface area contributed by atoms with E-state index in [1.165, 1.54) is 18.3 Å². The van der Waals surface area contributed by atoms with Crippen LogP contribution in [0.15, 0.2) is 30.0 Å². The highest BCUT2D eigenvalue weighted by Crippen LogP contribution is 2.26. The van der Waals surface area contributed by atoms with Crippen LogP contribution in [-0.4, -0.2) is 41.2 Å². The number of benzene rings is 1. The number of ether oxygens (including phenoxy) is 1. The smallest absolute Gasteiger partial charge is 0.266 e. The van der Waals surface area contributed by atoms with Gasteiger partial charge < -0.3 is 20.1 Å². The zero-order valence-electron chi connectivity index (χ0n) is 12.9. The Morgan fingerprint density at radius 3 is 2.74 bits per heavy atom. The van der Waals surface area contributed by atoms with Crippen molar-refractivity contribution in [3.63, 3.8) is 0 Å². The van der Waals surface area contributed by atoms with Crippen molar-refractivity contribution < 1.29 is 14.6 Å². The first-order chi connectivity index (χ1) is 10.9. The van der Waals surface area contributed by atoms with Gasteiger partial charge in [0.1, 0.15) is 17.4 Å². The topological polar surface area (TPSA) is 85.6 Å². The molecule has 2 atom stereocenters. The largest absolute Gasteiger partial charge is 0.506 e. The van der Waals surface area contributed by atoms with Gasteiger partial charge in [0.05, 0.1) is 17.9 Å². The summed E-state index contributed by atoms with van der Waals surface area (Å²) < 4.78 is 5.58. The normalized spacial score (nSPS) is 21.7. The van der Waals surface area contributed by atoms with E-state index in [0.29, 0.717) is 23.8 Å². The highest BCUT2D eigenvalue weighted by molar-refractivity contribution is 6.30. The Kier molecular flexibility index (Phi) is 5.48. The summed E-state index contributed by atoms with van der Waals surface area (Å²) in [6, 6.07) is 6.36. The third kappa shape index (κ3) is 4.38. The fourth-order valence-corrected chi connectivity index (χ4v) is 2.60. The number of aromatic hydroxyl groups is 1. The molecule has 6 nitrogen and oxygen atoms in total. The number of phenolic OH excluding ortho intramolecular Hbond substituents is 1. The summed E-state index contributed by atoms with van der Waals surface area (Å²) in [5, 5.41) is 22.1. The van der Waals surface area contributed by atoms with Crippen LogP contribution in [0.25, 0.3) is 0 Å². The lowest BCUT2D eigenvalue weighted by atomic mass is 10.2. The minimum atomic E-state index is -0.372. The zero-order chi connectivity index (χ0) is 17.0. The Balaban J connectivity index is 2.14. The van der Waals surface area contributed by atoms with Crippen LogP contribution in [0, 0.1) is 11.3 Å². The number of carbonyl (C=O) groups excluding carboxylic acids is 1. The van der Waals surface area contributed by atoms with Crippen molar-refractivity contribution in [2.24, 2.45) is 0 Å². The first kappa shape index (κ1) is 17.1. The summed E-state index contributed by atoms with van der Waals surface area (Å²) in [6.45, 7) is 4.64. The van der Waals surface area contributed by atoms with Crippen molar-refractivity contribution in [2.45, 2.75) is 26.1 Å². The predicted octanol–water partition coefficient (Wildman–Crippen LogP) is 2.50. The standard InChI is InChI=1S/C16H18ClN3O3/c1-10-8-20(9-11(2)23-10)16(22)12(6-18)7-19-14-5-13(17)3-4-15(14)21/h3-5,7,10-11,19,21H,8-9H2,1-2H3/b12-7-. The number of nitrogens with zero attached hydrogens (tertiary/aromatic N) is 2. The van der Waals surface area contributed by atoms with Crippen LogP contribution < -0.4 is 5.32 Å². The van der Waals surface area contributed by atoms with Crippen molar-refractivity contribution in [1.29, 1.82) is 5.26 Å². The molecule has 0 spiro atoms. The number of halogens is 1. The van der Waals surface area contributed by atoms with Crippen LogP contribution in [0.2, 0.25) is 5.02 Å². The third-order valence-electron chi connectivity index (χ3n) is 3.39. The molecule has 1 aromatic carbocycles. The molecule has 2 N–H and O–H groups in total. The summed E-state index contributed by atoms with van der Waals surface area (Å²) in [7, 11) is 0. The lowest BCUT2D eigenvalue weighted by Gasteiger charge is -2.35. The summed E-state index contributed by atoms with van der Waals surface area (Å²) in [5.41, 5.74) is 0.271. The second-order valence-electron chi connectivity index (χ2n) is 5.44. The molecule has 1 heterocycles. The fourth-order valence-electron chi connectivity index (χ4n) is 2.43. The van der Waals surface area contributed by atoms with Gasteiger partial charge in [0.2, 0.25) is 0 Å². The number of nitriles is 1. The molecular formula is C16H18ClN3O3. The van der Waals surface area contributed by atoms with Crippen LogP contribution in [0.4, 0.5) is 5.69 Å². The van der Waals surface area contributed by atoms with Crippen LogP contribution in [0.1, 0.15) is 13.8 Å². The average Bonchev–Trinajstić information content (AvgIpc) is 2.50. The van der Waals surface area contributed by atoms with Gasteiger partial charge in [-0.1, -0.05) is 11.6 Å². The highest BCUT2D eigenvalue weighted by atomic mass is 35.5. The van der Waals surface area contributed by atoms with Crippen molar-refractivity contribution in [2.75, 3.05) is 18.4 Å². The van der Waals surface area contributed by atoms with Crippen molar-refractivity contribution >= 4 is 23.2 Å². The Morgan fingerprint density at radius 1 is 1.48 bits per heavy atom. The first-order valence-electron chi connectivity index (χ1n) is 7.20. The lowest BCUT2D eigenvalue weighted by molar-refractivity contribution is -0.138. The maximum Gasteiger partial charge on any atom is 0.266 e. The fraction of sp³-hybridized carbons (Fsp3) is 0.375. The maximum atomic E-state index is 12.4. The molecule has 1 amide bonds. The maximum absolute atomic E-state index is 12.4. The molecule has 23 heavy (non-hydrogen) atoms. The molecule has 1 aliphatic heterocycles. The Hall–Kier alpha value is -2.23. The lowest BCUT2D eigenvalue weighted by Crippen LogP contribution is -2.48. The number of hydrogen-bond acceptors (Lipinski definition) is 5. The van der Waals surface area contributed by atoms with Crippen molar-refractivity contribution in [3.8, 4) is 11.8 Å². The molecular weight excluding hydrogens is 318 g/mol. The van der Waals surface area contributed by atoms with Gasteiger partial charge in [-0.25, -0.2) is 0 Å². The van der Waals surface area contributed by atoms with E-state index >= 15 is 0 Å². The van der Waals surface area contributed by atoms with Crippen molar-refractivity contribution in [1.82, 2.24) is 4.90 Å². The van der Waals surface area contributed by atoms with Crippen LogP contribution in [0.3, 0.4) is 0 Å². The molecule has 2 unspecified atom stereocenters. The molecule has 1 aromatic rings. The number of carbonyl (C=O) groups is 1. The molecule has 0 saturated carbocycles. The van der Waals surface area contributed by atoms with Gasteiger partial charge in [-0.2, -0.15) is 5.26 Å². The first-order valence-corrected chi connectivity index (χ1v) is 7.58. The second-order valence-corrected chi connectivity index (χ2v) is 5.88. The minimum absolute atomic E-state index is 0.0241. The molecule has 0 aliphatic carbocycles. The summed E-state index contributed by atoms with van der Waals surface area (Å²) in [6.07, 6.45) is 1.12. The minimum Gasteiger partial charge on any atom is -0.506 e. The summed E-state index contributed by atoms with van der Waals surface area (Å²) >= 11 is 5.86. The number of anilines is 1. The highest BCUT2D eigenvalue weighted by Gasteiger charge is 2.27. The zero-order valence-corrected chi connectivity index (χ0v) is 13.7. The van der Waals surface area contributed by atoms with Crippen LogP contribution in [0.5, 0.6) is 5.75 Å². The van der Waals surface area contributed by atoms with E-state index in [2.05, 4.69) is 5.32 Å². The van der Waals surface area contributed by atoms with Gasteiger partial charge in [0, 0.05) is 24.3 Å². The number of amides is 1. The van der Waals surface area contributed by atoms with Gasteiger partial charge >= 0.3 is 0 Å². The molecule has 7 heteroatoms. The molecule has 0 bridgehead atoms.